The number of allylic oxidation sites excluding steroid dienone is 5. The van der Waals surface area contributed by atoms with Crippen molar-refractivity contribution in [3.8, 4) is 10.4 Å². The highest BCUT2D eigenvalue weighted by molar-refractivity contribution is 7.13. The summed E-state index contributed by atoms with van der Waals surface area (Å²) < 4.78 is 11.6. The summed E-state index contributed by atoms with van der Waals surface area (Å²) in [5, 5.41) is 49.2. The number of carbonyl (C=O) groups excluding carboxylic acids is 3. The average Bonchev–Trinajstić information content (AvgIpc) is 4.02. The topological polar surface area (TPSA) is 216 Å². The van der Waals surface area contributed by atoms with Gasteiger partial charge in [-0.2, -0.15) is 0 Å². The highest BCUT2D eigenvalue weighted by Gasteiger charge is 2.44. The Labute approximate surface area is 490 Å². The number of carbonyl (C=O) groups is 3. The molecule has 2 aromatic carbocycles. The predicted octanol–water partition coefficient (Wildman–Crippen LogP) is 5.27. The van der Waals surface area contributed by atoms with E-state index in [2.05, 4.69) is 90.5 Å². The largest absolute Gasteiger partial charge is 0.391 e. The van der Waals surface area contributed by atoms with E-state index < -0.39 is 36.1 Å². The van der Waals surface area contributed by atoms with Crippen LogP contribution in [-0.2, 0) is 36.9 Å². The van der Waals surface area contributed by atoms with Gasteiger partial charge >= 0.3 is 0 Å². The van der Waals surface area contributed by atoms with Crippen LogP contribution in [0.1, 0.15) is 103 Å². The molecule has 82 heavy (non-hydrogen) atoms. The van der Waals surface area contributed by atoms with Crippen LogP contribution in [-0.4, -0.2) is 186 Å². The number of aryl methyl sites for hydroxylation is 1. The van der Waals surface area contributed by atoms with Crippen molar-refractivity contribution in [3.63, 3.8) is 0 Å². The minimum Gasteiger partial charge on any atom is -0.391 e. The molecule has 1 aromatic heterocycles. The lowest BCUT2D eigenvalue weighted by Gasteiger charge is -2.41. The van der Waals surface area contributed by atoms with Crippen LogP contribution in [0.4, 0.5) is 0 Å². The number of piperazine rings is 1. The van der Waals surface area contributed by atoms with Crippen LogP contribution in [0.3, 0.4) is 0 Å². The third kappa shape index (κ3) is 16.7. The van der Waals surface area contributed by atoms with Gasteiger partial charge in [0.25, 0.3) is 0 Å². The standard InChI is InChI=1S/C63H92N10O8S/c1-9-72(50-19-28-81-29-20-50)54-33-49(32-52(43(54)4)59(76)67-36-53-41(2)31-42(3)69-60(53)77)47-15-13-46(14-16-47)37-70-23-25-71(26-24-70)39-56(75)64-22-30-80-27-10-21-65-58(63(6,7)8)62(79)73-38-51(74)34-55(73)61(78)66-35-45-11-17-48(18-12-45)57-44(5)68-40-82-57/h11-18,31,33,40,50-52,55,58-60,65,67,69,74,76-77H,9-10,19-30,32,34-39H2,1-8H3,(H,64,75)(H,66,78)/t51-,52?,55+,58?,59?,60?/m1/s1. The van der Waals surface area contributed by atoms with Gasteiger partial charge in [0.05, 0.1) is 41.4 Å². The fraction of sp³-hybridized carbons (Fsp3) is 0.587. The van der Waals surface area contributed by atoms with Crippen molar-refractivity contribution in [2.24, 2.45) is 11.3 Å². The molecule has 19 heteroatoms. The molecule has 0 saturated carbocycles. The van der Waals surface area contributed by atoms with Crippen molar-refractivity contribution < 1.29 is 39.2 Å². The molecule has 4 unspecified atom stereocenters. The van der Waals surface area contributed by atoms with Crippen molar-refractivity contribution >= 4 is 34.6 Å². The first-order valence-electron chi connectivity index (χ1n) is 29.7. The Morgan fingerprint density at radius 2 is 1.57 bits per heavy atom. The van der Waals surface area contributed by atoms with Crippen molar-refractivity contribution in [2.75, 3.05) is 91.9 Å². The highest BCUT2D eigenvalue weighted by atomic mass is 32.1. The molecule has 3 fully saturated rings. The minimum atomic E-state index is -0.817. The van der Waals surface area contributed by atoms with E-state index in [4.69, 9.17) is 9.47 Å². The van der Waals surface area contributed by atoms with Gasteiger partial charge in [0.15, 0.2) is 0 Å². The van der Waals surface area contributed by atoms with Gasteiger partial charge in [-0.15, -0.1) is 11.3 Å². The molecular formula is C63H92N10O8S. The summed E-state index contributed by atoms with van der Waals surface area (Å²) in [6.45, 7) is 25.6. The molecule has 0 radical (unpaired) electrons. The molecule has 448 valence electrons. The normalized spacial score (nSPS) is 22.2. The Hall–Kier alpha value is -5.32. The van der Waals surface area contributed by atoms with Crippen molar-refractivity contribution in [2.45, 2.75) is 137 Å². The Kier molecular flexibility index (Phi) is 22.5. The second-order valence-corrected chi connectivity index (χ2v) is 24.8. The first kappa shape index (κ1) is 62.7. The van der Waals surface area contributed by atoms with E-state index in [0.29, 0.717) is 64.8 Å². The fourth-order valence-corrected chi connectivity index (χ4v) is 12.9. The molecule has 6 atom stereocenters. The van der Waals surface area contributed by atoms with Gasteiger partial charge in [-0.3, -0.25) is 29.5 Å². The number of hydrogen-bond acceptors (Lipinski definition) is 16. The van der Waals surface area contributed by atoms with Gasteiger partial charge in [0.1, 0.15) is 18.5 Å². The van der Waals surface area contributed by atoms with Gasteiger partial charge in [-0.1, -0.05) is 69.3 Å². The van der Waals surface area contributed by atoms with E-state index in [1.807, 2.05) is 77.4 Å². The second-order valence-electron chi connectivity index (χ2n) is 24.0. The van der Waals surface area contributed by atoms with Crippen LogP contribution in [0.5, 0.6) is 0 Å². The Bertz CT molecular complexity index is 2740. The van der Waals surface area contributed by atoms with Gasteiger partial charge < -0.3 is 55.9 Å². The van der Waals surface area contributed by atoms with E-state index in [0.717, 1.165) is 109 Å². The smallest absolute Gasteiger partial charge is 0.243 e. The van der Waals surface area contributed by atoms with E-state index in [1.54, 1.807) is 11.3 Å². The lowest BCUT2D eigenvalue weighted by molar-refractivity contribution is -0.142. The number of likely N-dealkylation sites (N-methyl/N-ethyl adjacent to an activating group) is 1. The fourth-order valence-electron chi connectivity index (χ4n) is 12.1. The van der Waals surface area contributed by atoms with Crippen LogP contribution >= 0.6 is 11.3 Å². The van der Waals surface area contributed by atoms with Gasteiger partial charge in [0.2, 0.25) is 17.7 Å². The van der Waals surface area contributed by atoms with Crippen molar-refractivity contribution in [1.82, 2.24) is 51.2 Å². The number of aromatic nitrogens is 1. The third-order valence-corrected chi connectivity index (χ3v) is 17.8. The summed E-state index contributed by atoms with van der Waals surface area (Å²) >= 11 is 1.59. The van der Waals surface area contributed by atoms with E-state index in [9.17, 15) is 29.7 Å². The Morgan fingerprint density at radius 3 is 2.24 bits per heavy atom. The molecule has 4 aliphatic heterocycles. The van der Waals surface area contributed by atoms with Crippen LogP contribution in [0, 0.1) is 18.3 Å². The number of dihydropyridines is 1. The molecule has 0 spiro atoms. The number of hydrogen-bond donors (Lipinski definition) is 8. The molecule has 5 aliphatic rings. The van der Waals surface area contributed by atoms with Gasteiger partial charge in [-0.05, 0) is 129 Å². The highest BCUT2D eigenvalue weighted by Crippen LogP contribution is 2.39. The Morgan fingerprint density at radius 1 is 0.878 bits per heavy atom. The van der Waals surface area contributed by atoms with Gasteiger partial charge in [-0.25, -0.2) is 4.98 Å². The molecule has 8 rings (SSSR count). The van der Waals surface area contributed by atoms with Crippen molar-refractivity contribution in [3.05, 3.63) is 117 Å². The quantitative estimate of drug-likeness (QED) is 0.0401. The molecule has 3 amide bonds. The lowest BCUT2D eigenvalue weighted by Crippen LogP contribution is -2.56. The van der Waals surface area contributed by atoms with E-state index in [1.165, 1.54) is 27.3 Å². The van der Waals surface area contributed by atoms with Crippen LogP contribution in [0.25, 0.3) is 16.0 Å². The molecular weight excluding hydrogens is 1060 g/mol. The number of benzene rings is 2. The molecule has 5 heterocycles. The maximum atomic E-state index is 14.1. The SMILES string of the molecule is CCN(C1=C(C)C(C(O)NCC2=C(C)C=C(C)NC2O)CC(c2ccc(CN3CCN(CC(=O)NCCOCCCNC(C(=O)N4C[C@H](O)C[C@H]4C(=O)NCc4ccc(-c5scnc5C)cc4)C(C)(C)C)CC3)cc2)=C1)C1CCOCC1. The first-order valence-corrected chi connectivity index (χ1v) is 30.6. The third-order valence-electron chi connectivity index (χ3n) is 16.9. The monoisotopic (exact) mass is 1150 g/mol. The number of rotatable bonds is 25. The summed E-state index contributed by atoms with van der Waals surface area (Å²) in [7, 11) is 0. The zero-order chi connectivity index (χ0) is 58.5. The Balaban J connectivity index is 0.732. The molecule has 8 N–H and O–H groups in total. The minimum absolute atomic E-state index is 0.0257. The number of ether oxygens (including phenoxy) is 2. The molecule has 1 aliphatic carbocycles. The molecule has 3 saturated heterocycles. The maximum absolute atomic E-state index is 14.1. The summed E-state index contributed by atoms with van der Waals surface area (Å²) in [5.41, 5.74) is 13.0. The zero-order valence-electron chi connectivity index (χ0n) is 49.8. The van der Waals surface area contributed by atoms with E-state index >= 15 is 0 Å². The number of aliphatic hydroxyl groups excluding tert-OH is 3. The summed E-state index contributed by atoms with van der Waals surface area (Å²) in [4.78, 5) is 54.7. The average molecular weight is 1150 g/mol. The number of nitrogens with one attached hydrogen (secondary N) is 5. The maximum Gasteiger partial charge on any atom is 0.243 e. The second kappa shape index (κ2) is 29.5. The van der Waals surface area contributed by atoms with Crippen molar-refractivity contribution in [1.29, 1.82) is 0 Å². The van der Waals surface area contributed by atoms with Gasteiger partial charge in [0, 0.05) is 115 Å². The summed E-state index contributed by atoms with van der Waals surface area (Å²) in [6.07, 6.45) is 5.43. The lowest BCUT2D eigenvalue weighted by atomic mass is 9.81. The molecule has 18 nitrogen and oxygen atoms in total. The van der Waals surface area contributed by atoms with Crippen LogP contribution in [0.2, 0.25) is 0 Å². The number of amides is 3. The molecule has 0 bridgehead atoms. The van der Waals surface area contributed by atoms with E-state index in [-0.39, 0.29) is 36.6 Å². The number of nitrogens with zero attached hydrogens (tertiary/aromatic N) is 5. The van der Waals surface area contributed by atoms with Crippen LogP contribution in [0.15, 0.2) is 94.3 Å². The number of thiazole rings is 1. The summed E-state index contributed by atoms with van der Waals surface area (Å²) in [5.74, 6) is -0.677. The predicted molar refractivity (Wildman–Crippen MR) is 323 cm³/mol. The summed E-state index contributed by atoms with van der Waals surface area (Å²) in [6, 6.07) is 15.9. The number of β-amino-alcohol motifs (C(OH)–C–C–N with tert-alkyl or cyclic N) is 1. The number of aliphatic hydroxyl groups is 3. The van der Waals surface area contributed by atoms with Crippen LogP contribution < -0.4 is 26.6 Å². The first-order chi connectivity index (χ1) is 39.4. The zero-order valence-corrected chi connectivity index (χ0v) is 50.6. The number of likely N-dealkylation sites (tertiary alicyclic amines) is 1. The molecule has 3 aromatic rings.